The lowest BCUT2D eigenvalue weighted by Crippen LogP contribution is -2.12. The number of aromatic nitrogens is 2. The Morgan fingerprint density at radius 3 is 2.83 bits per heavy atom. The summed E-state index contributed by atoms with van der Waals surface area (Å²) in [5.74, 6) is 1.64. The van der Waals surface area contributed by atoms with E-state index in [4.69, 9.17) is 10.2 Å². The molecule has 0 aliphatic rings. The number of nitrogens with one attached hydrogen (secondary N) is 1. The van der Waals surface area contributed by atoms with E-state index in [1.165, 1.54) is 17.8 Å². The second-order valence-corrected chi connectivity index (χ2v) is 5.17. The van der Waals surface area contributed by atoms with Gasteiger partial charge in [0, 0.05) is 18.3 Å². The number of H-pyrrole nitrogens is 1. The number of rotatable bonds is 4. The fourth-order valence-corrected chi connectivity index (χ4v) is 2.56. The largest absolute Gasteiger partial charge is 0.465 e. The summed E-state index contributed by atoms with van der Waals surface area (Å²) in [6, 6.07) is 5.25. The molecule has 1 unspecified atom stereocenters. The summed E-state index contributed by atoms with van der Waals surface area (Å²) in [7, 11) is 0. The molecule has 0 aromatic carbocycles. The SMILES string of the molecule is Cc1cc(=O)[nH]c(SC(CN)c2ccc(C)o2)n1. The van der Waals surface area contributed by atoms with Gasteiger partial charge in [0.15, 0.2) is 5.16 Å². The van der Waals surface area contributed by atoms with Gasteiger partial charge >= 0.3 is 0 Å². The Morgan fingerprint density at radius 2 is 2.28 bits per heavy atom. The van der Waals surface area contributed by atoms with E-state index < -0.39 is 0 Å². The lowest BCUT2D eigenvalue weighted by Gasteiger charge is -2.10. The van der Waals surface area contributed by atoms with Crippen LogP contribution in [-0.2, 0) is 0 Å². The molecule has 18 heavy (non-hydrogen) atoms. The molecule has 2 rings (SSSR count). The van der Waals surface area contributed by atoms with Crippen LogP contribution < -0.4 is 11.3 Å². The lowest BCUT2D eigenvalue weighted by atomic mass is 10.3. The first-order chi connectivity index (χ1) is 8.58. The molecule has 0 aliphatic heterocycles. The average Bonchev–Trinajstić information content (AvgIpc) is 2.71. The lowest BCUT2D eigenvalue weighted by molar-refractivity contribution is 0.481. The summed E-state index contributed by atoms with van der Waals surface area (Å²) in [6.45, 7) is 4.08. The van der Waals surface area contributed by atoms with Crippen molar-refractivity contribution in [1.82, 2.24) is 9.97 Å². The van der Waals surface area contributed by atoms with Gasteiger partial charge in [-0.1, -0.05) is 11.8 Å². The molecule has 0 saturated carbocycles. The predicted molar refractivity (Wildman–Crippen MR) is 70.7 cm³/mol. The zero-order valence-electron chi connectivity index (χ0n) is 10.3. The smallest absolute Gasteiger partial charge is 0.251 e. The van der Waals surface area contributed by atoms with Crippen molar-refractivity contribution in [3.8, 4) is 0 Å². The van der Waals surface area contributed by atoms with E-state index in [2.05, 4.69) is 9.97 Å². The standard InChI is InChI=1S/C12H15N3O2S/c1-7-5-11(16)15-12(14-7)18-10(6-13)9-4-3-8(2)17-9/h3-5,10H,6,13H2,1-2H3,(H,14,15,16). The number of hydrogen-bond donors (Lipinski definition) is 2. The fraction of sp³-hybridized carbons (Fsp3) is 0.333. The van der Waals surface area contributed by atoms with Gasteiger partial charge < -0.3 is 15.1 Å². The quantitative estimate of drug-likeness (QED) is 0.650. The van der Waals surface area contributed by atoms with Gasteiger partial charge in [-0.05, 0) is 26.0 Å². The molecular formula is C12H15N3O2S. The molecule has 5 nitrogen and oxygen atoms in total. The molecule has 3 N–H and O–H groups in total. The molecular weight excluding hydrogens is 250 g/mol. The highest BCUT2D eigenvalue weighted by Gasteiger charge is 2.16. The minimum atomic E-state index is -0.156. The Labute approximate surface area is 109 Å². The van der Waals surface area contributed by atoms with E-state index >= 15 is 0 Å². The number of thioether (sulfide) groups is 1. The van der Waals surface area contributed by atoms with Crippen LogP contribution in [0.25, 0.3) is 0 Å². The van der Waals surface area contributed by atoms with Gasteiger partial charge in [-0.2, -0.15) is 0 Å². The third kappa shape index (κ3) is 3.02. The number of aryl methyl sites for hydroxylation is 2. The third-order valence-electron chi connectivity index (χ3n) is 2.39. The summed E-state index contributed by atoms with van der Waals surface area (Å²) in [4.78, 5) is 18.3. The van der Waals surface area contributed by atoms with E-state index in [1.807, 2.05) is 19.1 Å². The fourth-order valence-electron chi connectivity index (χ4n) is 1.59. The van der Waals surface area contributed by atoms with Gasteiger partial charge in [-0.3, -0.25) is 4.79 Å². The van der Waals surface area contributed by atoms with Crippen LogP contribution in [-0.4, -0.2) is 16.5 Å². The number of hydrogen-bond acceptors (Lipinski definition) is 5. The molecule has 0 saturated heterocycles. The summed E-state index contributed by atoms with van der Waals surface area (Å²) in [5, 5.41) is 0.508. The van der Waals surface area contributed by atoms with Crippen molar-refractivity contribution in [2.75, 3.05) is 6.54 Å². The molecule has 0 aliphatic carbocycles. The molecule has 0 bridgehead atoms. The van der Waals surface area contributed by atoms with E-state index in [-0.39, 0.29) is 10.8 Å². The van der Waals surface area contributed by atoms with Crippen molar-refractivity contribution >= 4 is 11.8 Å². The third-order valence-corrected chi connectivity index (χ3v) is 3.52. The number of aromatic amines is 1. The van der Waals surface area contributed by atoms with Crippen LogP contribution in [0.15, 0.2) is 32.6 Å². The normalized spacial score (nSPS) is 12.6. The highest BCUT2D eigenvalue weighted by atomic mass is 32.2. The Morgan fingerprint density at radius 1 is 1.50 bits per heavy atom. The minimum absolute atomic E-state index is 0.0522. The van der Waals surface area contributed by atoms with E-state index in [9.17, 15) is 4.79 Å². The zero-order valence-corrected chi connectivity index (χ0v) is 11.1. The Kier molecular flexibility index (Phi) is 3.88. The van der Waals surface area contributed by atoms with Gasteiger partial charge in [0.25, 0.3) is 5.56 Å². The Balaban J connectivity index is 2.22. The molecule has 2 aromatic heterocycles. The van der Waals surface area contributed by atoms with Crippen LogP contribution >= 0.6 is 11.8 Å². The summed E-state index contributed by atoms with van der Waals surface area (Å²) in [5.41, 5.74) is 6.27. The van der Waals surface area contributed by atoms with Crippen LogP contribution in [0.2, 0.25) is 0 Å². The van der Waals surface area contributed by atoms with Crippen molar-refractivity contribution in [2.45, 2.75) is 24.3 Å². The monoisotopic (exact) mass is 265 g/mol. The van der Waals surface area contributed by atoms with E-state index in [0.29, 0.717) is 17.4 Å². The summed E-state index contributed by atoms with van der Waals surface area (Å²) in [6.07, 6.45) is 0. The highest BCUT2D eigenvalue weighted by molar-refractivity contribution is 7.99. The molecule has 0 fully saturated rings. The van der Waals surface area contributed by atoms with Gasteiger partial charge in [0.2, 0.25) is 0 Å². The Bertz CT molecular complexity index is 591. The molecule has 0 spiro atoms. The van der Waals surface area contributed by atoms with Crippen molar-refractivity contribution in [1.29, 1.82) is 0 Å². The maximum Gasteiger partial charge on any atom is 0.251 e. The van der Waals surface area contributed by atoms with E-state index in [0.717, 1.165) is 11.5 Å². The molecule has 0 radical (unpaired) electrons. The molecule has 96 valence electrons. The van der Waals surface area contributed by atoms with Crippen LogP contribution in [0.3, 0.4) is 0 Å². The second-order valence-electron chi connectivity index (χ2n) is 3.98. The maximum atomic E-state index is 11.4. The Hall–Kier alpha value is -1.53. The van der Waals surface area contributed by atoms with Gasteiger partial charge in [0.05, 0.1) is 5.25 Å². The van der Waals surface area contributed by atoms with Gasteiger partial charge in [-0.15, -0.1) is 0 Å². The van der Waals surface area contributed by atoms with Gasteiger partial charge in [0.1, 0.15) is 11.5 Å². The molecule has 1 atom stereocenters. The van der Waals surface area contributed by atoms with Crippen LogP contribution in [0.1, 0.15) is 22.5 Å². The second kappa shape index (κ2) is 5.41. The predicted octanol–water partition coefficient (Wildman–Crippen LogP) is 1.77. The molecule has 6 heteroatoms. The number of furan rings is 1. The highest BCUT2D eigenvalue weighted by Crippen LogP contribution is 2.32. The molecule has 0 amide bonds. The molecule has 2 aromatic rings. The van der Waals surface area contributed by atoms with Crippen molar-refractivity contribution in [2.24, 2.45) is 5.73 Å². The average molecular weight is 265 g/mol. The first-order valence-corrected chi connectivity index (χ1v) is 6.47. The summed E-state index contributed by atoms with van der Waals surface area (Å²) >= 11 is 1.40. The first-order valence-electron chi connectivity index (χ1n) is 5.59. The van der Waals surface area contributed by atoms with Crippen LogP contribution in [0, 0.1) is 13.8 Å². The maximum absolute atomic E-state index is 11.4. The van der Waals surface area contributed by atoms with Gasteiger partial charge in [-0.25, -0.2) is 4.98 Å². The van der Waals surface area contributed by atoms with Crippen LogP contribution in [0.4, 0.5) is 0 Å². The van der Waals surface area contributed by atoms with Crippen LogP contribution in [0.5, 0.6) is 0 Å². The first kappa shape index (κ1) is 12.9. The summed E-state index contributed by atoms with van der Waals surface area (Å²) < 4.78 is 5.55. The number of nitrogens with two attached hydrogens (primary N) is 1. The topological polar surface area (TPSA) is 84.9 Å². The van der Waals surface area contributed by atoms with Crippen molar-refractivity contribution < 1.29 is 4.42 Å². The van der Waals surface area contributed by atoms with Crippen molar-refractivity contribution in [3.05, 3.63) is 45.8 Å². The molecule has 2 heterocycles. The number of nitrogens with zero attached hydrogens (tertiary/aromatic N) is 1. The van der Waals surface area contributed by atoms with E-state index in [1.54, 1.807) is 6.92 Å². The minimum Gasteiger partial charge on any atom is -0.465 e. The van der Waals surface area contributed by atoms with Crippen molar-refractivity contribution in [3.63, 3.8) is 0 Å². The zero-order chi connectivity index (χ0) is 13.1.